The number of nitrogens with one attached hydrogen (secondary N) is 2. The number of hydrogen-bond acceptors (Lipinski definition) is 2. The first-order chi connectivity index (χ1) is 12.5. The SMILES string of the molecule is CCCN(CCC)C(=O)N(CCC)CCC.CCCNC(=O)NCCC. The highest BCUT2D eigenvalue weighted by molar-refractivity contribution is 5.74. The van der Waals surface area contributed by atoms with Crippen molar-refractivity contribution in [1.82, 2.24) is 20.4 Å². The molecule has 2 N–H and O–H groups in total. The summed E-state index contributed by atoms with van der Waals surface area (Å²) in [5.41, 5.74) is 0. The van der Waals surface area contributed by atoms with E-state index in [0.717, 1.165) is 77.8 Å². The van der Waals surface area contributed by atoms with Crippen LogP contribution in [0.4, 0.5) is 9.59 Å². The van der Waals surface area contributed by atoms with E-state index in [-0.39, 0.29) is 12.1 Å². The highest BCUT2D eigenvalue weighted by Crippen LogP contribution is 2.04. The van der Waals surface area contributed by atoms with Crippen molar-refractivity contribution in [2.75, 3.05) is 39.3 Å². The fraction of sp³-hybridized carbons (Fsp3) is 0.900. The van der Waals surface area contributed by atoms with Crippen LogP contribution in [0, 0.1) is 0 Å². The quantitative estimate of drug-likeness (QED) is 0.531. The number of carbonyl (C=O) groups is 2. The van der Waals surface area contributed by atoms with Gasteiger partial charge in [-0.15, -0.1) is 0 Å². The topological polar surface area (TPSA) is 64.7 Å². The molecule has 0 unspecified atom stereocenters. The van der Waals surface area contributed by atoms with Gasteiger partial charge in [0.05, 0.1) is 0 Å². The average molecular weight is 373 g/mol. The summed E-state index contributed by atoms with van der Waals surface area (Å²) in [5, 5.41) is 5.43. The third kappa shape index (κ3) is 14.8. The molecule has 0 aromatic heterocycles. The Hall–Kier alpha value is -1.46. The second-order valence-corrected chi connectivity index (χ2v) is 6.44. The number of urea groups is 2. The average Bonchev–Trinajstić information content (AvgIpc) is 2.64. The molecule has 0 aliphatic heterocycles. The fourth-order valence-electron chi connectivity index (χ4n) is 2.43. The van der Waals surface area contributed by atoms with Crippen LogP contribution in [0.25, 0.3) is 0 Å². The van der Waals surface area contributed by atoms with Gasteiger partial charge in [0, 0.05) is 39.3 Å². The van der Waals surface area contributed by atoms with Gasteiger partial charge in [0.2, 0.25) is 0 Å². The summed E-state index contributed by atoms with van der Waals surface area (Å²) in [6.45, 7) is 17.6. The normalized spacial score (nSPS) is 9.77. The molecule has 0 atom stereocenters. The zero-order valence-corrected chi connectivity index (χ0v) is 18.2. The van der Waals surface area contributed by atoms with Crippen molar-refractivity contribution >= 4 is 12.1 Å². The zero-order chi connectivity index (χ0) is 20.2. The second-order valence-electron chi connectivity index (χ2n) is 6.44. The van der Waals surface area contributed by atoms with Gasteiger partial charge >= 0.3 is 12.1 Å². The lowest BCUT2D eigenvalue weighted by molar-refractivity contribution is 0.152. The monoisotopic (exact) mass is 372 g/mol. The van der Waals surface area contributed by atoms with E-state index in [1.54, 1.807) is 0 Å². The molecule has 6 heteroatoms. The molecular weight excluding hydrogens is 328 g/mol. The maximum absolute atomic E-state index is 12.3. The van der Waals surface area contributed by atoms with Crippen LogP contribution in [-0.4, -0.2) is 61.1 Å². The van der Waals surface area contributed by atoms with Crippen LogP contribution in [0.5, 0.6) is 0 Å². The molecule has 0 heterocycles. The van der Waals surface area contributed by atoms with E-state index in [4.69, 9.17) is 0 Å². The lowest BCUT2D eigenvalue weighted by Gasteiger charge is -2.30. The van der Waals surface area contributed by atoms with E-state index in [1.807, 2.05) is 23.6 Å². The lowest BCUT2D eigenvalue weighted by Crippen LogP contribution is -2.44. The van der Waals surface area contributed by atoms with Gasteiger partial charge in [0.15, 0.2) is 0 Å². The third-order valence-corrected chi connectivity index (χ3v) is 3.59. The lowest BCUT2D eigenvalue weighted by atomic mass is 10.3. The number of amides is 4. The Morgan fingerprint density at radius 2 is 0.885 bits per heavy atom. The molecule has 0 rings (SSSR count). The number of nitrogens with zero attached hydrogens (tertiary/aromatic N) is 2. The Morgan fingerprint density at radius 1 is 0.577 bits per heavy atom. The number of hydrogen-bond donors (Lipinski definition) is 2. The molecular formula is C20H44N4O2. The minimum Gasteiger partial charge on any atom is -0.338 e. The van der Waals surface area contributed by atoms with Gasteiger partial charge < -0.3 is 20.4 Å². The minimum atomic E-state index is -0.0521. The fourth-order valence-corrected chi connectivity index (χ4v) is 2.43. The van der Waals surface area contributed by atoms with Crippen molar-refractivity contribution in [3.8, 4) is 0 Å². The molecule has 4 amide bonds. The van der Waals surface area contributed by atoms with Crippen molar-refractivity contribution in [1.29, 1.82) is 0 Å². The molecule has 0 saturated heterocycles. The Labute approximate surface area is 162 Å². The van der Waals surface area contributed by atoms with Gasteiger partial charge in [-0.05, 0) is 38.5 Å². The van der Waals surface area contributed by atoms with E-state index in [2.05, 4.69) is 38.3 Å². The van der Waals surface area contributed by atoms with Crippen LogP contribution >= 0.6 is 0 Å². The van der Waals surface area contributed by atoms with Crippen molar-refractivity contribution < 1.29 is 9.59 Å². The van der Waals surface area contributed by atoms with Gasteiger partial charge in [-0.25, -0.2) is 9.59 Å². The van der Waals surface area contributed by atoms with Crippen molar-refractivity contribution in [2.45, 2.75) is 80.1 Å². The second kappa shape index (κ2) is 19.9. The summed E-state index contributed by atoms with van der Waals surface area (Å²) in [5.74, 6) is 0. The molecule has 0 radical (unpaired) electrons. The van der Waals surface area contributed by atoms with Crippen LogP contribution in [0.3, 0.4) is 0 Å². The van der Waals surface area contributed by atoms with Gasteiger partial charge in [-0.3, -0.25) is 0 Å². The van der Waals surface area contributed by atoms with Crippen LogP contribution in [-0.2, 0) is 0 Å². The minimum absolute atomic E-state index is 0.0521. The summed E-state index contributed by atoms with van der Waals surface area (Å²) in [6.07, 6.45) is 6.13. The van der Waals surface area contributed by atoms with Crippen molar-refractivity contribution in [2.24, 2.45) is 0 Å². The summed E-state index contributed by atoms with van der Waals surface area (Å²) < 4.78 is 0. The van der Waals surface area contributed by atoms with Crippen LogP contribution < -0.4 is 10.6 Å². The zero-order valence-electron chi connectivity index (χ0n) is 18.2. The number of carbonyl (C=O) groups excluding carboxylic acids is 2. The summed E-state index contributed by atoms with van der Waals surface area (Å²) >= 11 is 0. The van der Waals surface area contributed by atoms with Crippen molar-refractivity contribution in [3.05, 3.63) is 0 Å². The van der Waals surface area contributed by atoms with E-state index in [9.17, 15) is 9.59 Å². The Kier molecular flexibility index (Phi) is 20.4. The largest absolute Gasteiger partial charge is 0.338 e. The van der Waals surface area contributed by atoms with Gasteiger partial charge in [0.25, 0.3) is 0 Å². The summed E-state index contributed by atoms with van der Waals surface area (Å²) in [7, 11) is 0. The summed E-state index contributed by atoms with van der Waals surface area (Å²) in [4.78, 5) is 27.0. The third-order valence-electron chi connectivity index (χ3n) is 3.59. The Morgan fingerprint density at radius 3 is 1.12 bits per heavy atom. The first kappa shape index (κ1) is 26.8. The van der Waals surface area contributed by atoms with Gasteiger partial charge in [-0.2, -0.15) is 0 Å². The number of rotatable bonds is 12. The van der Waals surface area contributed by atoms with E-state index in [1.165, 1.54) is 0 Å². The van der Waals surface area contributed by atoms with E-state index < -0.39 is 0 Å². The predicted octanol–water partition coefficient (Wildman–Crippen LogP) is 4.46. The molecule has 156 valence electrons. The predicted molar refractivity (Wildman–Crippen MR) is 112 cm³/mol. The Bertz CT molecular complexity index is 298. The maximum Gasteiger partial charge on any atom is 0.319 e. The van der Waals surface area contributed by atoms with Gasteiger partial charge in [0.1, 0.15) is 0 Å². The van der Waals surface area contributed by atoms with Gasteiger partial charge in [-0.1, -0.05) is 41.5 Å². The van der Waals surface area contributed by atoms with Crippen LogP contribution in [0.15, 0.2) is 0 Å². The molecule has 6 nitrogen and oxygen atoms in total. The van der Waals surface area contributed by atoms with E-state index >= 15 is 0 Å². The molecule has 0 fully saturated rings. The molecule has 0 aromatic rings. The first-order valence-corrected chi connectivity index (χ1v) is 10.6. The van der Waals surface area contributed by atoms with Crippen molar-refractivity contribution in [3.63, 3.8) is 0 Å². The summed E-state index contributed by atoms with van der Waals surface area (Å²) in [6, 6.07) is 0.177. The van der Waals surface area contributed by atoms with Crippen LogP contribution in [0.2, 0.25) is 0 Å². The van der Waals surface area contributed by atoms with E-state index in [0.29, 0.717) is 0 Å². The highest BCUT2D eigenvalue weighted by Gasteiger charge is 2.17. The molecule has 0 bridgehead atoms. The molecule has 26 heavy (non-hydrogen) atoms. The standard InChI is InChI=1S/C13H28N2O.C7H16N2O/c1-5-9-14(10-6-2)13(16)15(11-7-3)12-8-4;1-3-5-8-7(10)9-6-4-2/h5-12H2,1-4H3;3-6H2,1-2H3,(H2,8,9,10). The molecule has 0 aliphatic carbocycles. The maximum atomic E-state index is 12.3. The molecule has 0 aliphatic rings. The van der Waals surface area contributed by atoms with Crippen LogP contribution in [0.1, 0.15) is 80.1 Å². The highest BCUT2D eigenvalue weighted by atomic mass is 16.2. The molecule has 0 saturated carbocycles. The Balaban J connectivity index is 0. The smallest absolute Gasteiger partial charge is 0.319 e. The molecule has 0 spiro atoms. The molecule has 0 aromatic carbocycles. The first-order valence-electron chi connectivity index (χ1n) is 10.6.